The van der Waals surface area contributed by atoms with Crippen molar-refractivity contribution < 1.29 is 14.3 Å². The molecule has 0 spiro atoms. The fraction of sp³-hybridized carbons (Fsp3) is 0.806. The highest BCUT2D eigenvalue weighted by atomic mass is 16.5. The maximum Gasteiger partial charge on any atom is 0.307 e. The molecule has 0 aromatic carbocycles. The second kappa shape index (κ2) is 9.15. The molecular weight excluding hydrogens is 434 g/mol. The smallest absolute Gasteiger partial charge is 0.307 e. The molecule has 5 aliphatic rings. The molecule has 4 heteroatoms. The quantitative estimate of drug-likeness (QED) is 0.332. The zero-order valence-corrected chi connectivity index (χ0v) is 22.8. The van der Waals surface area contributed by atoms with Gasteiger partial charge in [0.15, 0.2) is 5.78 Å². The van der Waals surface area contributed by atoms with Crippen LogP contribution in [0.15, 0.2) is 23.3 Å². The monoisotopic (exact) mass is 481 g/mol. The molecular formula is C31H47NO3. The Morgan fingerprint density at radius 3 is 2.51 bits per heavy atom. The minimum atomic E-state index is -0.0153. The van der Waals surface area contributed by atoms with Crippen LogP contribution in [0.4, 0.5) is 0 Å². The summed E-state index contributed by atoms with van der Waals surface area (Å²) < 4.78 is 6.04. The summed E-state index contributed by atoms with van der Waals surface area (Å²) in [6.45, 7) is 14.3. The number of fused-ring (bicyclic) bond motifs is 5. The molecule has 194 valence electrons. The number of carbonyl (C=O) groups is 2. The molecule has 35 heavy (non-hydrogen) atoms. The molecule has 6 unspecified atom stereocenters. The van der Waals surface area contributed by atoms with Crippen molar-refractivity contribution >= 4 is 11.8 Å². The van der Waals surface area contributed by atoms with Crippen LogP contribution in [0.1, 0.15) is 98.8 Å². The maximum absolute atomic E-state index is 12.7. The van der Waals surface area contributed by atoms with Gasteiger partial charge in [-0.1, -0.05) is 45.4 Å². The van der Waals surface area contributed by atoms with E-state index in [0.29, 0.717) is 29.6 Å². The van der Waals surface area contributed by atoms with Crippen molar-refractivity contribution in [1.82, 2.24) is 4.90 Å². The van der Waals surface area contributed by atoms with Crippen LogP contribution in [0.25, 0.3) is 0 Å². The van der Waals surface area contributed by atoms with Crippen LogP contribution in [0.2, 0.25) is 0 Å². The normalized spacial score (nSPS) is 40.6. The zero-order chi connectivity index (χ0) is 25.0. The Morgan fingerprint density at radius 2 is 1.77 bits per heavy atom. The number of esters is 1. The molecule has 6 atom stereocenters. The number of rotatable bonds is 5. The zero-order valence-electron chi connectivity index (χ0n) is 22.8. The number of likely N-dealkylation sites (tertiary alicyclic amines) is 1. The average Bonchev–Trinajstić information content (AvgIpc) is 3.15. The Bertz CT molecular complexity index is 932. The van der Waals surface area contributed by atoms with Crippen LogP contribution in [-0.2, 0) is 14.3 Å². The Balaban J connectivity index is 1.19. The second-order valence-electron chi connectivity index (χ2n) is 13.8. The molecule has 0 aromatic rings. The summed E-state index contributed by atoms with van der Waals surface area (Å²) in [5.41, 5.74) is 3.31. The first-order chi connectivity index (χ1) is 16.5. The lowest BCUT2D eigenvalue weighted by molar-refractivity contribution is -0.152. The highest BCUT2D eigenvalue weighted by molar-refractivity contribution is 5.95. The summed E-state index contributed by atoms with van der Waals surface area (Å²) in [7, 11) is 0. The number of ketones is 1. The summed E-state index contributed by atoms with van der Waals surface area (Å²) in [5, 5.41) is 0. The van der Waals surface area contributed by atoms with Crippen LogP contribution in [-0.4, -0.2) is 42.4 Å². The lowest BCUT2D eigenvalue weighted by Gasteiger charge is -2.57. The van der Waals surface area contributed by atoms with E-state index < -0.39 is 0 Å². The van der Waals surface area contributed by atoms with Gasteiger partial charge in [-0.15, -0.1) is 0 Å². The number of hydrogen-bond acceptors (Lipinski definition) is 4. The summed E-state index contributed by atoms with van der Waals surface area (Å²) in [6.07, 6.45) is 15.4. The molecule has 3 fully saturated rings. The Hall–Kier alpha value is -1.42. The van der Waals surface area contributed by atoms with Gasteiger partial charge in [0.05, 0.1) is 6.42 Å². The molecule has 2 saturated carbocycles. The number of ether oxygens (including phenoxy) is 1. The third-order valence-electron chi connectivity index (χ3n) is 10.9. The minimum absolute atomic E-state index is 0.0153. The molecule has 0 amide bonds. The summed E-state index contributed by atoms with van der Waals surface area (Å²) in [5.74, 6) is 2.23. The van der Waals surface area contributed by atoms with Gasteiger partial charge in [0.2, 0.25) is 0 Å². The van der Waals surface area contributed by atoms with Crippen molar-refractivity contribution in [3.8, 4) is 0 Å². The summed E-state index contributed by atoms with van der Waals surface area (Å²) in [4.78, 5) is 27.5. The largest absolute Gasteiger partial charge is 0.462 e. The summed E-state index contributed by atoms with van der Waals surface area (Å²) in [6, 6.07) is 0. The predicted octanol–water partition coefficient (Wildman–Crippen LogP) is 6.50. The van der Waals surface area contributed by atoms with Crippen LogP contribution in [0, 0.1) is 34.0 Å². The molecule has 5 rings (SSSR count). The van der Waals surface area contributed by atoms with Crippen molar-refractivity contribution in [2.75, 3.05) is 19.6 Å². The van der Waals surface area contributed by atoms with Crippen molar-refractivity contribution in [2.45, 2.75) is 105 Å². The topological polar surface area (TPSA) is 46.6 Å². The lowest BCUT2D eigenvalue weighted by atomic mass is 9.47. The number of nitrogens with zero attached hydrogens (tertiary/aromatic N) is 1. The van der Waals surface area contributed by atoms with Crippen LogP contribution in [0.5, 0.6) is 0 Å². The van der Waals surface area contributed by atoms with Crippen LogP contribution >= 0.6 is 0 Å². The standard InChI is InChI=1S/C31H47NO3/c1-21(33)25-9-10-26-24-8-7-22-19-23(11-15-30(22,4)27(24)12-16-31(25,26)5)35-28(34)13-18-32-17-6-14-29(2,3)20-32/h7,9,23-24,26-27H,6,8,10-20H2,1-5H3. The van der Waals surface area contributed by atoms with Crippen molar-refractivity contribution in [3.63, 3.8) is 0 Å². The van der Waals surface area contributed by atoms with E-state index in [1.54, 1.807) is 12.5 Å². The van der Waals surface area contributed by atoms with Gasteiger partial charge in [0, 0.05) is 19.5 Å². The number of carbonyl (C=O) groups excluding carboxylic acids is 2. The van der Waals surface area contributed by atoms with Gasteiger partial charge < -0.3 is 9.64 Å². The van der Waals surface area contributed by atoms with Crippen molar-refractivity contribution in [2.24, 2.45) is 34.0 Å². The first-order valence-corrected chi connectivity index (χ1v) is 14.3. The highest BCUT2D eigenvalue weighted by Gasteiger charge is 2.57. The minimum Gasteiger partial charge on any atom is -0.462 e. The number of piperidine rings is 1. The Morgan fingerprint density at radius 1 is 1.00 bits per heavy atom. The van der Waals surface area contributed by atoms with E-state index in [1.165, 1.54) is 19.3 Å². The molecule has 1 heterocycles. The van der Waals surface area contributed by atoms with Crippen molar-refractivity contribution in [1.29, 1.82) is 0 Å². The van der Waals surface area contributed by atoms with Gasteiger partial charge >= 0.3 is 5.97 Å². The molecule has 0 N–H and O–H groups in total. The fourth-order valence-electron chi connectivity index (χ4n) is 9.07. The van der Waals surface area contributed by atoms with Crippen molar-refractivity contribution in [3.05, 3.63) is 23.3 Å². The first-order valence-electron chi connectivity index (χ1n) is 14.3. The van der Waals surface area contributed by atoms with E-state index in [4.69, 9.17) is 4.74 Å². The van der Waals surface area contributed by atoms with Crippen LogP contribution < -0.4 is 0 Å². The van der Waals surface area contributed by atoms with Gasteiger partial charge in [-0.05, 0) is 104 Å². The molecule has 1 saturated heterocycles. The van der Waals surface area contributed by atoms with E-state index in [1.807, 2.05) is 0 Å². The average molecular weight is 482 g/mol. The van der Waals surface area contributed by atoms with E-state index >= 15 is 0 Å². The third kappa shape index (κ3) is 4.58. The third-order valence-corrected chi connectivity index (χ3v) is 10.9. The molecule has 4 aliphatic carbocycles. The lowest BCUT2D eigenvalue weighted by Crippen LogP contribution is -2.50. The van der Waals surface area contributed by atoms with Gasteiger partial charge in [0.25, 0.3) is 0 Å². The summed E-state index contributed by atoms with van der Waals surface area (Å²) >= 11 is 0. The molecule has 1 aliphatic heterocycles. The predicted molar refractivity (Wildman–Crippen MR) is 140 cm³/mol. The van der Waals surface area contributed by atoms with Crippen LogP contribution in [0.3, 0.4) is 0 Å². The van der Waals surface area contributed by atoms with E-state index in [9.17, 15) is 9.59 Å². The van der Waals surface area contributed by atoms with Gasteiger partial charge in [0.1, 0.15) is 6.10 Å². The molecule has 0 bridgehead atoms. The first kappa shape index (κ1) is 25.2. The molecule has 4 nitrogen and oxygen atoms in total. The van der Waals surface area contributed by atoms with E-state index in [2.05, 4.69) is 44.7 Å². The molecule has 0 radical (unpaired) electrons. The van der Waals surface area contributed by atoms with Gasteiger partial charge in [-0.2, -0.15) is 0 Å². The number of allylic oxidation sites excluding steroid dienone is 3. The highest BCUT2D eigenvalue weighted by Crippen LogP contribution is 2.65. The Labute approximate surface area is 212 Å². The van der Waals surface area contributed by atoms with Gasteiger partial charge in [-0.25, -0.2) is 0 Å². The second-order valence-corrected chi connectivity index (χ2v) is 13.8. The fourth-order valence-corrected chi connectivity index (χ4v) is 9.07. The van der Waals surface area contributed by atoms with E-state index in [0.717, 1.165) is 63.7 Å². The maximum atomic E-state index is 12.7. The van der Waals surface area contributed by atoms with E-state index in [-0.39, 0.29) is 28.7 Å². The van der Waals surface area contributed by atoms with Gasteiger partial charge in [-0.3, -0.25) is 9.59 Å². The SMILES string of the molecule is CC(=O)C1=CCC2C3CC=C4CC(OC(=O)CCN5CCCC(C)(C)C5)CCC4(C)C3CCC12C. The molecule has 0 aromatic heterocycles. The Kier molecular flexibility index (Phi) is 6.60. The number of Topliss-reactive ketones (excluding diaryl/α,β-unsaturated/α-hetero) is 1. The number of hydrogen-bond donors (Lipinski definition) is 0.